The van der Waals surface area contributed by atoms with Crippen molar-refractivity contribution in [3.63, 3.8) is 0 Å². The Morgan fingerprint density at radius 3 is 1.68 bits per heavy atom. The SMILES string of the molecule is CCC(CC)(C(=O)N(CC(C)C)CC(C)C)C(N)=S. The molecule has 1 amide bonds. The molecule has 0 aliphatic heterocycles. The van der Waals surface area contributed by atoms with Crippen LogP contribution in [0.2, 0.25) is 0 Å². The molecule has 0 bridgehead atoms. The van der Waals surface area contributed by atoms with Gasteiger partial charge in [-0.3, -0.25) is 4.79 Å². The van der Waals surface area contributed by atoms with Crippen LogP contribution in [0.1, 0.15) is 54.4 Å². The van der Waals surface area contributed by atoms with Gasteiger partial charge in [-0.15, -0.1) is 0 Å². The van der Waals surface area contributed by atoms with E-state index in [4.69, 9.17) is 18.0 Å². The van der Waals surface area contributed by atoms with E-state index in [-0.39, 0.29) is 5.91 Å². The standard InChI is InChI=1S/C15H30N2OS/c1-7-15(8-2,13(16)19)14(18)17(9-11(3)4)10-12(5)6/h11-12H,7-10H2,1-6H3,(H2,16,19). The molecule has 3 nitrogen and oxygen atoms in total. The van der Waals surface area contributed by atoms with Gasteiger partial charge in [-0.25, -0.2) is 0 Å². The summed E-state index contributed by atoms with van der Waals surface area (Å²) in [5.41, 5.74) is 5.21. The minimum atomic E-state index is -0.668. The average Bonchev–Trinajstić information content (AvgIpc) is 2.28. The van der Waals surface area contributed by atoms with E-state index < -0.39 is 5.41 Å². The fourth-order valence-electron chi connectivity index (χ4n) is 2.43. The van der Waals surface area contributed by atoms with Crippen molar-refractivity contribution in [1.82, 2.24) is 4.90 Å². The molecule has 0 aliphatic carbocycles. The van der Waals surface area contributed by atoms with E-state index in [0.29, 0.717) is 29.7 Å². The van der Waals surface area contributed by atoms with Gasteiger partial charge in [0.2, 0.25) is 5.91 Å². The highest BCUT2D eigenvalue weighted by atomic mass is 32.1. The second-order valence-electron chi connectivity index (χ2n) is 6.15. The number of rotatable bonds is 8. The van der Waals surface area contributed by atoms with Crippen molar-refractivity contribution in [3.8, 4) is 0 Å². The molecule has 0 atom stereocenters. The van der Waals surface area contributed by atoms with Crippen molar-refractivity contribution in [2.24, 2.45) is 23.0 Å². The lowest BCUT2D eigenvalue weighted by atomic mass is 9.80. The van der Waals surface area contributed by atoms with E-state index in [1.807, 2.05) is 18.7 Å². The Kier molecular flexibility index (Phi) is 7.57. The third-order valence-corrected chi connectivity index (χ3v) is 3.94. The Balaban J connectivity index is 5.29. The second kappa shape index (κ2) is 7.83. The Hall–Kier alpha value is -0.640. The molecule has 0 saturated carbocycles. The van der Waals surface area contributed by atoms with Gasteiger partial charge >= 0.3 is 0 Å². The average molecular weight is 286 g/mol. The van der Waals surface area contributed by atoms with E-state index in [0.717, 1.165) is 13.1 Å². The van der Waals surface area contributed by atoms with Crippen molar-refractivity contribution < 1.29 is 4.79 Å². The molecule has 0 aliphatic rings. The summed E-state index contributed by atoms with van der Waals surface area (Å²) in [7, 11) is 0. The molecule has 0 saturated heterocycles. The number of nitrogens with two attached hydrogens (primary N) is 1. The van der Waals surface area contributed by atoms with E-state index in [1.54, 1.807) is 0 Å². The van der Waals surface area contributed by atoms with Crippen LogP contribution in [0.3, 0.4) is 0 Å². The molecule has 0 heterocycles. The summed E-state index contributed by atoms with van der Waals surface area (Å²) in [6, 6.07) is 0. The lowest BCUT2D eigenvalue weighted by Crippen LogP contribution is -2.51. The lowest BCUT2D eigenvalue weighted by molar-refractivity contribution is -0.139. The summed E-state index contributed by atoms with van der Waals surface area (Å²) >= 11 is 5.18. The molecule has 0 aromatic carbocycles. The normalized spacial score (nSPS) is 12.0. The molecular weight excluding hydrogens is 256 g/mol. The lowest BCUT2D eigenvalue weighted by Gasteiger charge is -2.37. The van der Waals surface area contributed by atoms with Crippen LogP contribution < -0.4 is 5.73 Å². The van der Waals surface area contributed by atoms with Crippen LogP contribution in [0.5, 0.6) is 0 Å². The van der Waals surface area contributed by atoms with Crippen molar-refractivity contribution in [3.05, 3.63) is 0 Å². The van der Waals surface area contributed by atoms with Gasteiger partial charge in [-0.2, -0.15) is 0 Å². The maximum absolute atomic E-state index is 12.9. The minimum Gasteiger partial charge on any atom is -0.392 e. The minimum absolute atomic E-state index is 0.104. The molecule has 0 spiro atoms. The van der Waals surface area contributed by atoms with Crippen LogP contribution in [-0.4, -0.2) is 28.9 Å². The number of thiocarbonyl (C=S) groups is 1. The first kappa shape index (κ1) is 18.4. The van der Waals surface area contributed by atoms with Gasteiger partial charge < -0.3 is 10.6 Å². The van der Waals surface area contributed by atoms with Crippen LogP contribution in [0.25, 0.3) is 0 Å². The van der Waals surface area contributed by atoms with Gasteiger partial charge in [0.15, 0.2) is 0 Å². The third-order valence-electron chi connectivity index (χ3n) is 3.55. The van der Waals surface area contributed by atoms with Crippen LogP contribution in [0.4, 0.5) is 0 Å². The fourth-order valence-corrected chi connectivity index (χ4v) is 2.81. The van der Waals surface area contributed by atoms with Crippen LogP contribution in [0, 0.1) is 17.3 Å². The predicted octanol–water partition coefficient (Wildman–Crippen LogP) is 3.22. The highest BCUT2D eigenvalue weighted by Crippen LogP contribution is 2.30. The van der Waals surface area contributed by atoms with Gasteiger partial charge in [0.05, 0.1) is 10.4 Å². The maximum Gasteiger partial charge on any atom is 0.235 e. The number of hydrogen-bond acceptors (Lipinski definition) is 2. The smallest absolute Gasteiger partial charge is 0.235 e. The molecule has 2 N–H and O–H groups in total. The number of nitrogens with zero attached hydrogens (tertiary/aromatic N) is 1. The molecule has 0 fully saturated rings. The number of amides is 1. The zero-order chi connectivity index (χ0) is 15.2. The number of carbonyl (C=O) groups is 1. The quantitative estimate of drug-likeness (QED) is 0.697. The molecule has 4 heteroatoms. The summed E-state index contributed by atoms with van der Waals surface area (Å²) in [6.45, 7) is 14.0. The molecule has 0 unspecified atom stereocenters. The van der Waals surface area contributed by atoms with E-state index in [2.05, 4.69) is 27.7 Å². The van der Waals surface area contributed by atoms with E-state index >= 15 is 0 Å². The molecular formula is C15H30N2OS. The highest BCUT2D eigenvalue weighted by molar-refractivity contribution is 7.80. The Morgan fingerprint density at radius 1 is 1.11 bits per heavy atom. The van der Waals surface area contributed by atoms with Gasteiger partial charge in [-0.05, 0) is 24.7 Å². The van der Waals surface area contributed by atoms with Crippen molar-refractivity contribution in [2.45, 2.75) is 54.4 Å². The highest BCUT2D eigenvalue weighted by Gasteiger charge is 2.41. The topological polar surface area (TPSA) is 46.3 Å². The zero-order valence-electron chi connectivity index (χ0n) is 13.3. The van der Waals surface area contributed by atoms with Crippen molar-refractivity contribution in [1.29, 1.82) is 0 Å². The summed E-state index contributed by atoms with van der Waals surface area (Å²) in [5, 5.41) is 0. The van der Waals surface area contributed by atoms with Crippen molar-refractivity contribution >= 4 is 23.1 Å². The summed E-state index contributed by atoms with van der Waals surface area (Å²) in [6.07, 6.45) is 1.34. The Bertz CT molecular complexity index is 299. The van der Waals surface area contributed by atoms with Gasteiger partial charge in [0.25, 0.3) is 0 Å². The Labute approximate surface area is 123 Å². The molecule has 0 aromatic rings. The van der Waals surface area contributed by atoms with E-state index in [1.165, 1.54) is 0 Å². The summed E-state index contributed by atoms with van der Waals surface area (Å²) < 4.78 is 0. The summed E-state index contributed by atoms with van der Waals surface area (Å²) in [4.78, 5) is 15.2. The molecule has 0 radical (unpaired) electrons. The molecule has 19 heavy (non-hydrogen) atoms. The second-order valence-corrected chi connectivity index (χ2v) is 6.59. The third kappa shape index (κ3) is 4.75. The van der Waals surface area contributed by atoms with Gasteiger partial charge in [0.1, 0.15) is 0 Å². The number of carbonyl (C=O) groups excluding carboxylic acids is 1. The first-order chi connectivity index (χ1) is 8.71. The zero-order valence-corrected chi connectivity index (χ0v) is 14.1. The molecule has 112 valence electrons. The largest absolute Gasteiger partial charge is 0.392 e. The number of hydrogen-bond donors (Lipinski definition) is 1. The van der Waals surface area contributed by atoms with E-state index in [9.17, 15) is 4.79 Å². The Morgan fingerprint density at radius 2 is 1.47 bits per heavy atom. The molecule has 0 rings (SSSR count). The maximum atomic E-state index is 12.9. The van der Waals surface area contributed by atoms with Gasteiger partial charge in [0, 0.05) is 13.1 Å². The first-order valence-corrected chi connectivity index (χ1v) is 7.71. The van der Waals surface area contributed by atoms with Crippen LogP contribution in [0.15, 0.2) is 0 Å². The van der Waals surface area contributed by atoms with Gasteiger partial charge in [-0.1, -0.05) is 53.8 Å². The first-order valence-electron chi connectivity index (χ1n) is 7.30. The van der Waals surface area contributed by atoms with Crippen LogP contribution in [-0.2, 0) is 4.79 Å². The predicted molar refractivity (Wildman–Crippen MR) is 86.1 cm³/mol. The van der Waals surface area contributed by atoms with Crippen molar-refractivity contribution in [2.75, 3.05) is 13.1 Å². The van der Waals surface area contributed by atoms with Crippen LogP contribution >= 0.6 is 12.2 Å². The monoisotopic (exact) mass is 286 g/mol. The fraction of sp³-hybridized carbons (Fsp3) is 0.867. The molecule has 0 aromatic heterocycles. The summed E-state index contributed by atoms with van der Waals surface area (Å²) in [5.74, 6) is 0.994.